The molecule has 0 aliphatic carbocycles. The normalized spacial score (nSPS) is 13.9. The number of esters is 2. The molecule has 0 amide bonds. The van der Waals surface area contributed by atoms with Crippen LogP contribution in [0, 0.1) is 0 Å². The van der Waals surface area contributed by atoms with Crippen LogP contribution in [-0.2, 0) is 32.7 Å². The maximum absolute atomic E-state index is 12.5. The highest BCUT2D eigenvalue weighted by molar-refractivity contribution is 7.47. The van der Waals surface area contributed by atoms with Gasteiger partial charge in [0.25, 0.3) is 0 Å². The van der Waals surface area contributed by atoms with Crippen LogP contribution in [0.3, 0.4) is 0 Å². The van der Waals surface area contributed by atoms with Crippen molar-refractivity contribution in [3.63, 3.8) is 0 Å². The fourth-order valence-corrected chi connectivity index (χ4v) is 5.59. The van der Waals surface area contributed by atoms with Crippen molar-refractivity contribution in [2.24, 2.45) is 5.73 Å². The van der Waals surface area contributed by atoms with Gasteiger partial charge in [-0.15, -0.1) is 0 Å². The highest BCUT2D eigenvalue weighted by Crippen LogP contribution is 2.43. The van der Waals surface area contributed by atoms with E-state index in [0.29, 0.717) is 6.42 Å². The SMILES string of the molecule is CC/C=C\C/C=C\C/C=C\CCCCCCCCCC(=O)OC(COC(=O)CCCCCCCCCCC)COP(=O)(O)OCCN. The van der Waals surface area contributed by atoms with Crippen LogP contribution in [0.2, 0.25) is 0 Å². The van der Waals surface area contributed by atoms with Crippen LogP contribution in [0.5, 0.6) is 0 Å². The Morgan fingerprint density at radius 1 is 0.660 bits per heavy atom. The molecule has 2 unspecified atom stereocenters. The van der Waals surface area contributed by atoms with Gasteiger partial charge in [-0.05, 0) is 44.9 Å². The molecule has 0 saturated carbocycles. The molecule has 0 spiro atoms. The van der Waals surface area contributed by atoms with Gasteiger partial charge in [-0.3, -0.25) is 18.6 Å². The van der Waals surface area contributed by atoms with Crippen LogP contribution in [-0.4, -0.2) is 49.3 Å². The summed E-state index contributed by atoms with van der Waals surface area (Å²) in [6.07, 6.45) is 34.6. The Morgan fingerprint density at radius 3 is 1.74 bits per heavy atom. The minimum atomic E-state index is -4.37. The third kappa shape index (κ3) is 33.9. The first-order chi connectivity index (χ1) is 22.8. The highest BCUT2D eigenvalue weighted by Gasteiger charge is 2.25. The van der Waals surface area contributed by atoms with Crippen LogP contribution in [0.1, 0.15) is 155 Å². The molecule has 2 atom stereocenters. The number of ether oxygens (including phenoxy) is 2. The smallest absolute Gasteiger partial charge is 0.462 e. The van der Waals surface area contributed by atoms with Crippen LogP contribution < -0.4 is 5.73 Å². The van der Waals surface area contributed by atoms with E-state index in [1.807, 2.05) is 0 Å². The topological polar surface area (TPSA) is 134 Å². The summed E-state index contributed by atoms with van der Waals surface area (Å²) in [4.78, 5) is 34.6. The van der Waals surface area contributed by atoms with Gasteiger partial charge in [0.15, 0.2) is 6.10 Å². The molecule has 0 fully saturated rings. The summed E-state index contributed by atoms with van der Waals surface area (Å²) >= 11 is 0. The fourth-order valence-electron chi connectivity index (χ4n) is 4.82. The average molecular weight is 686 g/mol. The molecule has 0 aromatic heterocycles. The van der Waals surface area contributed by atoms with Crippen molar-refractivity contribution >= 4 is 19.8 Å². The molecule has 3 N–H and O–H groups in total. The number of hydrogen-bond acceptors (Lipinski definition) is 8. The monoisotopic (exact) mass is 685 g/mol. The van der Waals surface area contributed by atoms with Gasteiger partial charge in [0, 0.05) is 19.4 Å². The Hall–Kier alpha value is -1.77. The Morgan fingerprint density at radius 2 is 1.17 bits per heavy atom. The minimum absolute atomic E-state index is 0.0515. The molecule has 0 aliphatic rings. The second-order valence-corrected chi connectivity index (χ2v) is 13.5. The first kappa shape index (κ1) is 45.2. The first-order valence-corrected chi connectivity index (χ1v) is 20.0. The van der Waals surface area contributed by atoms with Gasteiger partial charge in [0.1, 0.15) is 6.61 Å². The lowest BCUT2D eigenvalue weighted by Gasteiger charge is -2.19. The fraction of sp³-hybridized carbons (Fsp3) is 0.784. The van der Waals surface area contributed by atoms with Crippen molar-refractivity contribution in [1.29, 1.82) is 0 Å². The average Bonchev–Trinajstić information content (AvgIpc) is 3.05. The first-order valence-electron chi connectivity index (χ1n) is 18.5. The lowest BCUT2D eigenvalue weighted by atomic mass is 10.1. The van der Waals surface area contributed by atoms with E-state index in [1.165, 1.54) is 57.8 Å². The van der Waals surface area contributed by atoms with Crippen molar-refractivity contribution in [2.45, 2.75) is 161 Å². The molecule has 0 aliphatic heterocycles. The van der Waals surface area contributed by atoms with Crippen molar-refractivity contribution in [3.8, 4) is 0 Å². The lowest BCUT2D eigenvalue weighted by Crippen LogP contribution is -2.29. The number of phosphoric acid groups is 1. The molecule has 10 heteroatoms. The van der Waals surface area contributed by atoms with E-state index in [-0.39, 0.29) is 38.6 Å². The number of nitrogens with two attached hydrogens (primary N) is 1. The van der Waals surface area contributed by atoms with E-state index in [2.05, 4.69) is 50.3 Å². The maximum Gasteiger partial charge on any atom is 0.472 e. The number of phosphoric ester groups is 1. The Kier molecular flexibility index (Phi) is 32.8. The Balaban J connectivity index is 4.22. The maximum atomic E-state index is 12.5. The van der Waals surface area contributed by atoms with Crippen molar-refractivity contribution in [3.05, 3.63) is 36.5 Å². The summed E-state index contributed by atoms with van der Waals surface area (Å²) < 4.78 is 32.6. The summed E-state index contributed by atoms with van der Waals surface area (Å²) in [5, 5.41) is 0. The van der Waals surface area contributed by atoms with Crippen LogP contribution >= 0.6 is 7.82 Å². The molecule has 0 aromatic carbocycles. The number of carbonyl (C=O) groups excluding carboxylic acids is 2. The minimum Gasteiger partial charge on any atom is -0.462 e. The molecule has 9 nitrogen and oxygen atoms in total. The second-order valence-electron chi connectivity index (χ2n) is 12.1. The summed E-state index contributed by atoms with van der Waals surface area (Å²) in [6, 6.07) is 0. The van der Waals surface area contributed by atoms with Crippen molar-refractivity contribution in [1.82, 2.24) is 0 Å². The number of carbonyl (C=O) groups is 2. The third-order valence-corrected chi connectivity index (χ3v) is 8.52. The van der Waals surface area contributed by atoms with Gasteiger partial charge in [-0.1, -0.05) is 134 Å². The third-order valence-electron chi connectivity index (χ3n) is 7.54. The molecule has 274 valence electrons. The summed E-state index contributed by atoms with van der Waals surface area (Å²) in [5.41, 5.74) is 5.32. The molecular weight excluding hydrogens is 617 g/mol. The van der Waals surface area contributed by atoms with E-state index < -0.39 is 26.5 Å². The Labute approximate surface area is 286 Å². The zero-order valence-corrected chi connectivity index (χ0v) is 30.7. The number of allylic oxidation sites excluding steroid dienone is 6. The Bertz CT molecular complexity index is 876. The van der Waals surface area contributed by atoms with Gasteiger partial charge in [-0.2, -0.15) is 0 Å². The van der Waals surface area contributed by atoms with Gasteiger partial charge in [-0.25, -0.2) is 4.57 Å². The van der Waals surface area contributed by atoms with Crippen molar-refractivity contribution < 1.29 is 37.6 Å². The highest BCUT2D eigenvalue weighted by atomic mass is 31.2. The van der Waals surface area contributed by atoms with E-state index in [1.54, 1.807) is 0 Å². The molecular formula is C37H68NO8P. The molecule has 47 heavy (non-hydrogen) atoms. The number of rotatable bonds is 34. The standard InChI is InChI=1S/C37H68NO8P/c1-3-5-7-9-11-13-14-15-16-17-18-19-20-22-24-26-28-30-37(40)46-35(34-45-47(41,42)44-32-31-38)33-43-36(39)29-27-25-23-21-12-10-8-6-4-2/h5,7,11,13,15-16,35H,3-4,6,8-10,12,14,17-34,38H2,1-2H3,(H,41,42)/b7-5-,13-11-,16-15-. The van der Waals surface area contributed by atoms with Crippen molar-refractivity contribution in [2.75, 3.05) is 26.4 Å². The van der Waals surface area contributed by atoms with Gasteiger partial charge < -0.3 is 20.1 Å². The zero-order chi connectivity index (χ0) is 34.7. The molecule has 0 saturated heterocycles. The van der Waals surface area contributed by atoms with Crippen LogP contribution in [0.25, 0.3) is 0 Å². The number of unbranched alkanes of at least 4 members (excludes halogenated alkanes) is 15. The van der Waals surface area contributed by atoms with Crippen LogP contribution in [0.15, 0.2) is 36.5 Å². The predicted octanol–water partition coefficient (Wildman–Crippen LogP) is 9.82. The number of hydrogen-bond donors (Lipinski definition) is 2. The van der Waals surface area contributed by atoms with Gasteiger partial charge in [0.05, 0.1) is 13.2 Å². The second kappa shape index (κ2) is 34.1. The van der Waals surface area contributed by atoms with E-state index in [9.17, 15) is 19.0 Å². The van der Waals surface area contributed by atoms with E-state index in [0.717, 1.165) is 64.2 Å². The summed E-state index contributed by atoms with van der Waals surface area (Å²) in [5.74, 6) is -0.844. The lowest BCUT2D eigenvalue weighted by molar-refractivity contribution is -0.161. The molecule has 0 radical (unpaired) electrons. The zero-order valence-electron chi connectivity index (χ0n) is 29.8. The quantitative estimate of drug-likeness (QED) is 0.0294. The van der Waals surface area contributed by atoms with Gasteiger partial charge in [0.2, 0.25) is 0 Å². The largest absolute Gasteiger partial charge is 0.472 e. The predicted molar refractivity (Wildman–Crippen MR) is 192 cm³/mol. The molecule has 0 bridgehead atoms. The van der Waals surface area contributed by atoms with E-state index >= 15 is 0 Å². The van der Waals surface area contributed by atoms with Gasteiger partial charge >= 0.3 is 19.8 Å². The summed E-state index contributed by atoms with van der Waals surface area (Å²) in [6.45, 7) is 3.57. The molecule has 0 aromatic rings. The molecule has 0 rings (SSSR count). The molecule has 0 heterocycles. The van der Waals surface area contributed by atoms with Crippen LogP contribution in [0.4, 0.5) is 0 Å². The summed E-state index contributed by atoms with van der Waals surface area (Å²) in [7, 11) is -4.37. The van der Waals surface area contributed by atoms with E-state index in [4.69, 9.17) is 24.3 Å².